The maximum atomic E-state index is 12.9. The average molecular weight is 550 g/mol. The average Bonchev–Trinajstić information content (AvgIpc) is 2.86. The van der Waals surface area contributed by atoms with E-state index in [1.54, 1.807) is 40.7 Å². The van der Waals surface area contributed by atoms with Crippen LogP contribution in [0.25, 0.3) is 0 Å². The molecule has 0 radical (unpaired) electrons. The van der Waals surface area contributed by atoms with Crippen molar-refractivity contribution >= 4 is 23.9 Å². The zero-order valence-electron chi connectivity index (χ0n) is 25.0. The summed E-state index contributed by atoms with van der Waals surface area (Å²) in [4.78, 5) is 49.9. The van der Waals surface area contributed by atoms with Gasteiger partial charge in [-0.25, -0.2) is 0 Å². The van der Waals surface area contributed by atoms with E-state index >= 15 is 0 Å². The Hall–Kier alpha value is -2.94. The minimum absolute atomic E-state index is 0.0107. The first-order valence-corrected chi connectivity index (χ1v) is 13.7. The van der Waals surface area contributed by atoms with E-state index in [2.05, 4.69) is 0 Å². The van der Waals surface area contributed by atoms with Crippen LogP contribution >= 0.6 is 0 Å². The molecule has 0 saturated carbocycles. The van der Waals surface area contributed by atoms with Gasteiger partial charge >= 0.3 is 23.9 Å². The minimum Gasteiger partial charge on any atom is -0.480 e. The Morgan fingerprint density at radius 3 is 1.87 bits per heavy atom. The molecule has 0 spiro atoms. The number of ether oxygens (including phenoxy) is 3. The fourth-order valence-electron chi connectivity index (χ4n) is 3.44. The van der Waals surface area contributed by atoms with Gasteiger partial charge in [-0.2, -0.15) is 0 Å². The van der Waals surface area contributed by atoms with Crippen LogP contribution in [0.15, 0.2) is 18.2 Å². The van der Waals surface area contributed by atoms with Crippen LogP contribution in [0.1, 0.15) is 106 Å². The maximum Gasteiger partial charge on any atom is 0.321 e. The number of carboxylic acids is 1. The van der Waals surface area contributed by atoms with Crippen molar-refractivity contribution in [2.24, 2.45) is 22.5 Å². The molecular weight excluding hydrogens is 502 g/mol. The van der Waals surface area contributed by atoms with Crippen molar-refractivity contribution in [2.45, 2.75) is 112 Å². The van der Waals surface area contributed by atoms with E-state index in [1.807, 2.05) is 27.7 Å². The molecule has 39 heavy (non-hydrogen) atoms. The molecule has 0 aliphatic rings. The SMILES string of the molecule is CCC(C)(C)C(=O)Oc1ccc(C(CC(C)OC(=O)CCC(C)C)[C@H](N)C(=O)O)cc1OC(=O)C(C)(C)CC. The van der Waals surface area contributed by atoms with Gasteiger partial charge in [0.25, 0.3) is 0 Å². The Morgan fingerprint density at radius 1 is 0.897 bits per heavy atom. The molecule has 3 atom stereocenters. The standard InChI is InChI=1S/C30H47NO8/c1-10-29(6,7)27(35)38-22-14-13-20(17-23(22)39-28(36)30(8,9)11-2)21(25(31)26(33)34)16-19(5)37-24(32)15-12-18(3)4/h13-14,17-19,21,25H,10-12,15-16,31H2,1-9H3,(H,33,34)/t19?,21?,25-/m0/s1. The normalized spacial score (nSPS) is 14.3. The zero-order chi connectivity index (χ0) is 30.1. The first-order chi connectivity index (χ1) is 17.9. The highest BCUT2D eigenvalue weighted by molar-refractivity contribution is 5.82. The Labute approximate surface area is 232 Å². The molecule has 1 rings (SSSR count). The highest BCUT2D eigenvalue weighted by atomic mass is 16.6. The molecule has 220 valence electrons. The van der Waals surface area contributed by atoms with Crippen molar-refractivity contribution in [3.63, 3.8) is 0 Å². The number of nitrogens with two attached hydrogens (primary N) is 1. The molecular formula is C30H47NO8. The monoisotopic (exact) mass is 549 g/mol. The van der Waals surface area contributed by atoms with E-state index in [9.17, 15) is 24.3 Å². The second kappa shape index (κ2) is 14.4. The van der Waals surface area contributed by atoms with E-state index in [1.165, 1.54) is 12.1 Å². The van der Waals surface area contributed by atoms with E-state index in [-0.39, 0.29) is 30.3 Å². The second-order valence-corrected chi connectivity index (χ2v) is 11.9. The van der Waals surface area contributed by atoms with Crippen LogP contribution < -0.4 is 15.2 Å². The Bertz CT molecular complexity index is 1010. The molecule has 0 aromatic heterocycles. The molecule has 3 N–H and O–H groups in total. The van der Waals surface area contributed by atoms with Crippen LogP contribution in [-0.4, -0.2) is 41.1 Å². The summed E-state index contributed by atoms with van der Waals surface area (Å²) in [5.41, 5.74) is 4.94. The van der Waals surface area contributed by atoms with Crippen molar-refractivity contribution in [1.29, 1.82) is 0 Å². The number of rotatable bonds is 15. The van der Waals surface area contributed by atoms with Crippen molar-refractivity contribution in [2.75, 3.05) is 0 Å². The second-order valence-electron chi connectivity index (χ2n) is 11.9. The fraction of sp³-hybridized carbons (Fsp3) is 0.667. The lowest BCUT2D eigenvalue weighted by atomic mass is 9.86. The quantitative estimate of drug-likeness (QED) is 0.210. The summed E-state index contributed by atoms with van der Waals surface area (Å²) in [6.45, 7) is 16.4. The summed E-state index contributed by atoms with van der Waals surface area (Å²) < 4.78 is 16.9. The maximum absolute atomic E-state index is 12.9. The van der Waals surface area contributed by atoms with E-state index in [0.29, 0.717) is 30.7 Å². The van der Waals surface area contributed by atoms with E-state index in [4.69, 9.17) is 19.9 Å². The lowest BCUT2D eigenvalue weighted by molar-refractivity contribution is -0.149. The largest absolute Gasteiger partial charge is 0.480 e. The topological polar surface area (TPSA) is 142 Å². The molecule has 2 unspecified atom stereocenters. The number of hydrogen-bond acceptors (Lipinski definition) is 8. The molecule has 1 aromatic carbocycles. The molecule has 1 aromatic rings. The number of benzene rings is 1. The Balaban J connectivity index is 3.43. The van der Waals surface area contributed by atoms with Crippen molar-refractivity contribution in [3.8, 4) is 11.5 Å². The Kier molecular flexibility index (Phi) is 12.6. The third kappa shape index (κ3) is 10.3. The number of aliphatic carboxylic acids is 1. The number of hydrogen-bond donors (Lipinski definition) is 2. The van der Waals surface area contributed by atoms with Gasteiger partial charge in [0.05, 0.1) is 16.9 Å². The van der Waals surface area contributed by atoms with Gasteiger partial charge in [-0.05, 0) is 83.9 Å². The van der Waals surface area contributed by atoms with Crippen LogP contribution in [0.5, 0.6) is 11.5 Å². The van der Waals surface area contributed by atoms with Gasteiger partial charge in [-0.15, -0.1) is 0 Å². The molecule has 9 heteroatoms. The highest BCUT2D eigenvalue weighted by Gasteiger charge is 2.33. The van der Waals surface area contributed by atoms with Gasteiger partial charge in [0.1, 0.15) is 6.04 Å². The van der Waals surface area contributed by atoms with Crippen LogP contribution in [0.2, 0.25) is 0 Å². The lowest BCUT2D eigenvalue weighted by Crippen LogP contribution is -2.38. The van der Waals surface area contributed by atoms with Crippen molar-refractivity contribution in [1.82, 2.24) is 0 Å². The zero-order valence-corrected chi connectivity index (χ0v) is 25.0. The summed E-state index contributed by atoms with van der Waals surface area (Å²) in [5, 5.41) is 9.71. The first-order valence-electron chi connectivity index (χ1n) is 13.7. The molecule has 0 saturated heterocycles. The Morgan fingerprint density at radius 2 is 1.41 bits per heavy atom. The van der Waals surface area contributed by atoms with Crippen molar-refractivity contribution in [3.05, 3.63) is 23.8 Å². The smallest absolute Gasteiger partial charge is 0.321 e. The van der Waals surface area contributed by atoms with Gasteiger partial charge in [-0.3, -0.25) is 19.2 Å². The summed E-state index contributed by atoms with van der Waals surface area (Å²) in [6.07, 6.45) is 1.49. The highest BCUT2D eigenvalue weighted by Crippen LogP contribution is 2.37. The van der Waals surface area contributed by atoms with Gasteiger partial charge in [0.2, 0.25) is 0 Å². The molecule has 0 fully saturated rings. The molecule has 9 nitrogen and oxygen atoms in total. The van der Waals surface area contributed by atoms with Gasteiger partial charge in [0, 0.05) is 12.3 Å². The molecule has 0 bridgehead atoms. The predicted octanol–water partition coefficient (Wildman–Crippen LogP) is 5.62. The van der Waals surface area contributed by atoms with Crippen LogP contribution in [0, 0.1) is 16.7 Å². The minimum atomic E-state index is -1.33. The first kappa shape index (κ1) is 34.1. The fourth-order valence-corrected chi connectivity index (χ4v) is 3.44. The number of carbonyl (C=O) groups is 4. The summed E-state index contributed by atoms with van der Waals surface area (Å²) in [5.74, 6) is -3.03. The predicted molar refractivity (Wildman–Crippen MR) is 148 cm³/mol. The molecule has 0 amide bonds. The number of carbonyl (C=O) groups excluding carboxylic acids is 3. The van der Waals surface area contributed by atoms with Gasteiger partial charge in [-0.1, -0.05) is 33.8 Å². The number of carboxylic acid groups (broad SMARTS) is 1. The van der Waals surface area contributed by atoms with Gasteiger partial charge < -0.3 is 25.1 Å². The molecule has 0 aliphatic heterocycles. The summed E-state index contributed by atoms with van der Waals surface area (Å²) in [6, 6.07) is 3.21. The third-order valence-corrected chi connectivity index (χ3v) is 7.24. The van der Waals surface area contributed by atoms with E-state index < -0.39 is 46.8 Å². The van der Waals surface area contributed by atoms with Crippen LogP contribution in [-0.2, 0) is 23.9 Å². The van der Waals surface area contributed by atoms with E-state index in [0.717, 1.165) is 0 Å². The van der Waals surface area contributed by atoms with Crippen molar-refractivity contribution < 1.29 is 38.5 Å². The van der Waals surface area contributed by atoms with Crippen LogP contribution in [0.4, 0.5) is 0 Å². The number of esters is 3. The molecule has 0 aliphatic carbocycles. The lowest BCUT2D eigenvalue weighted by Gasteiger charge is -2.27. The summed E-state index contributed by atoms with van der Waals surface area (Å²) >= 11 is 0. The van der Waals surface area contributed by atoms with Gasteiger partial charge in [0.15, 0.2) is 11.5 Å². The van der Waals surface area contributed by atoms with Crippen LogP contribution in [0.3, 0.4) is 0 Å². The summed E-state index contributed by atoms with van der Waals surface area (Å²) in [7, 11) is 0. The molecule has 0 heterocycles. The third-order valence-electron chi connectivity index (χ3n) is 7.24.